The summed E-state index contributed by atoms with van der Waals surface area (Å²) < 4.78 is 16.4. The van der Waals surface area contributed by atoms with Gasteiger partial charge in [-0.3, -0.25) is 0 Å². The average Bonchev–Trinajstić information content (AvgIpc) is 3.31. The highest BCUT2D eigenvalue weighted by molar-refractivity contribution is 5.48. The first-order valence-electron chi connectivity index (χ1n) is 7.27. The van der Waals surface area contributed by atoms with Crippen LogP contribution in [0.25, 0.3) is 0 Å². The highest BCUT2D eigenvalue weighted by atomic mass is 16.7. The summed E-state index contributed by atoms with van der Waals surface area (Å²) in [6.45, 7) is 0. The number of aliphatic hydroxyl groups is 2. The van der Waals surface area contributed by atoms with Gasteiger partial charge >= 0.3 is 11.9 Å². The Balaban J connectivity index is 1.68. The molecule has 3 heterocycles. The zero-order valence-corrected chi connectivity index (χ0v) is 11.5. The molecule has 1 saturated carbocycles. The first-order chi connectivity index (χ1) is 10.2. The SMILES string of the molecule is OC(O)=C1O/C1=C1/Oc2ccc(c(C3CCCCC3)c2)O1. The zero-order valence-electron chi connectivity index (χ0n) is 11.5. The Morgan fingerprint density at radius 3 is 2.52 bits per heavy atom. The molecule has 2 bridgehead atoms. The normalized spacial score (nSPS) is 23.9. The lowest BCUT2D eigenvalue weighted by Crippen LogP contribution is -2.06. The van der Waals surface area contributed by atoms with E-state index in [-0.39, 0.29) is 17.5 Å². The van der Waals surface area contributed by atoms with Gasteiger partial charge in [-0.25, -0.2) is 0 Å². The van der Waals surface area contributed by atoms with E-state index in [0.29, 0.717) is 11.7 Å². The van der Waals surface area contributed by atoms with Gasteiger partial charge in [0.05, 0.1) is 0 Å². The molecule has 1 aromatic rings. The lowest BCUT2D eigenvalue weighted by molar-refractivity contribution is 0.181. The van der Waals surface area contributed by atoms with Crippen LogP contribution < -0.4 is 9.47 Å². The number of aliphatic hydroxyl groups excluding tert-OH is 1. The van der Waals surface area contributed by atoms with Crippen LogP contribution in [-0.2, 0) is 4.74 Å². The zero-order chi connectivity index (χ0) is 14.4. The summed E-state index contributed by atoms with van der Waals surface area (Å²) in [6, 6.07) is 5.76. The Morgan fingerprint density at radius 2 is 1.81 bits per heavy atom. The number of ether oxygens (including phenoxy) is 3. The van der Waals surface area contributed by atoms with Crippen LogP contribution in [0, 0.1) is 0 Å². The minimum absolute atomic E-state index is 0.00622. The van der Waals surface area contributed by atoms with Crippen molar-refractivity contribution in [2.24, 2.45) is 0 Å². The lowest BCUT2D eigenvalue weighted by Gasteiger charge is -2.22. The quantitative estimate of drug-likeness (QED) is 0.604. The van der Waals surface area contributed by atoms with E-state index in [9.17, 15) is 0 Å². The molecule has 3 aliphatic heterocycles. The van der Waals surface area contributed by atoms with Gasteiger partial charge in [-0.15, -0.1) is 0 Å². The van der Waals surface area contributed by atoms with Gasteiger partial charge in [0, 0.05) is 5.56 Å². The fraction of sp³-hybridized carbons (Fsp3) is 0.375. The maximum atomic E-state index is 8.99. The van der Waals surface area contributed by atoms with Crippen LogP contribution in [0.2, 0.25) is 0 Å². The third-order valence-electron chi connectivity index (χ3n) is 4.20. The molecule has 2 fully saturated rings. The Kier molecular flexibility index (Phi) is 2.74. The third kappa shape index (κ3) is 2.18. The second kappa shape index (κ2) is 4.62. The molecule has 21 heavy (non-hydrogen) atoms. The van der Waals surface area contributed by atoms with Crippen LogP contribution in [0.3, 0.4) is 0 Å². The topological polar surface area (TPSA) is 71.5 Å². The fourth-order valence-corrected chi connectivity index (χ4v) is 3.09. The van der Waals surface area contributed by atoms with Gasteiger partial charge in [0.15, 0.2) is 0 Å². The van der Waals surface area contributed by atoms with Gasteiger partial charge < -0.3 is 24.4 Å². The smallest absolute Gasteiger partial charge is 0.339 e. The van der Waals surface area contributed by atoms with Crippen LogP contribution in [0.5, 0.6) is 11.5 Å². The van der Waals surface area contributed by atoms with Crippen molar-refractivity contribution in [3.8, 4) is 11.5 Å². The van der Waals surface area contributed by atoms with Crippen LogP contribution in [0.1, 0.15) is 43.6 Å². The van der Waals surface area contributed by atoms with E-state index >= 15 is 0 Å². The molecule has 110 valence electrons. The Morgan fingerprint density at radius 1 is 1.00 bits per heavy atom. The molecule has 1 aliphatic carbocycles. The minimum Gasteiger partial charge on any atom is -0.478 e. The van der Waals surface area contributed by atoms with Crippen molar-refractivity contribution in [2.45, 2.75) is 38.0 Å². The summed E-state index contributed by atoms with van der Waals surface area (Å²) in [4.78, 5) is 0. The molecular weight excluding hydrogens is 272 g/mol. The van der Waals surface area contributed by atoms with E-state index in [2.05, 4.69) is 0 Å². The number of hydrogen-bond donors (Lipinski definition) is 2. The van der Waals surface area contributed by atoms with Crippen LogP contribution in [0.15, 0.2) is 41.6 Å². The maximum absolute atomic E-state index is 8.99. The van der Waals surface area contributed by atoms with Gasteiger partial charge in [-0.2, -0.15) is 0 Å². The summed E-state index contributed by atoms with van der Waals surface area (Å²) in [6.07, 6.45) is 6.14. The molecule has 4 aliphatic rings. The molecule has 0 spiro atoms. The second-order valence-electron chi connectivity index (χ2n) is 5.61. The van der Waals surface area contributed by atoms with E-state index in [4.69, 9.17) is 24.4 Å². The van der Waals surface area contributed by atoms with Crippen molar-refractivity contribution in [1.29, 1.82) is 0 Å². The van der Waals surface area contributed by atoms with Gasteiger partial charge in [-0.05, 0) is 37.0 Å². The van der Waals surface area contributed by atoms with Gasteiger partial charge in [0.1, 0.15) is 11.5 Å². The molecule has 1 aromatic carbocycles. The Hall–Kier alpha value is -2.30. The first kappa shape index (κ1) is 12.4. The van der Waals surface area contributed by atoms with Crippen molar-refractivity contribution >= 4 is 0 Å². The van der Waals surface area contributed by atoms with Crippen molar-refractivity contribution < 1.29 is 24.4 Å². The Labute approximate surface area is 122 Å². The predicted octanol–water partition coefficient (Wildman–Crippen LogP) is 3.99. The highest BCUT2D eigenvalue weighted by Gasteiger charge is 2.40. The van der Waals surface area contributed by atoms with E-state index in [1.54, 1.807) is 0 Å². The molecule has 0 aromatic heterocycles. The molecule has 0 amide bonds. The molecule has 1 saturated heterocycles. The summed E-state index contributed by atoms with van der Waals surface area (Å²) in [5.41, 5.74) is 1.17. The fourth-order valence-electron chi connectivity index (χ4n) is 3.09. The van der Waals surface area contributed by atoms with E-state index in [1.165, 1.54) is 37.7 Å². The maximum Gasteiger partial charge on any atom is 0.339 e. The molecule has 5 heteroatoms. The number of hydrogen-bond acceptors (Lipinski definition) is 5. The second-order valence-corrected chi connectivity index (χ2v) is 5.61. The Bertz CT molecular complexity index is 649. The first-order valence-corrected chi connectivity index (χ1v) is 7.27. The van der Waals surface area contributed by atoms with Gasteiger partial charge in [-0.1, -0.05) is 19.3 Å². The van der Waals surface area contributed by atoms with Gasteiger partial charge in [0.25, 0.3) is 11.5 Å². The number of benzene rings is 1. The van der Waals surface area contributed by atoms with Crippen LogP contribution in [-0.4, -0.2) is 10.2 Å². The molecule has 2 N–H and O–H groups in total. The number of rotatable bonds is 1. The number of fused-ring (bicyclic) bond motifs is 4. The predicted molar refractivity (Wildman–Crippen MR) is 73.9 cm³/mol. The summed E-state index contributed by atoms with van der Waals surface area (Å²) >= 11 is 0. The van der Waals surface area contributed by atoms with E-state index < -0.39 is 5.95 Å². The van der Waals surface area contributed by atoms with Crippen molar-refractivity contribution in [3.63, 3.8) is 0 Å². The third-order valence-corrected chi connectivity index (χ3v) is 4.20. The van der Waals surface area contributed by atoms with Gasteiger partial charge in [0.2, 0.25) is 0 Å². The summed E-state index contributed by atoms with van der Waals surface area (Å²) in [5.74, 6) is 1.51. The largest absolute Gasteiger partial charge is 0.478 e. The molecule has 0 radical (unpaired) electrons. The standard InChI is InChI=1S/C16H16O5/c17-15(18)13-14(21-13)16-19-10-6-7-12(20-16)11(8-10)9-4-2-1-3-5-9/h6-9,17-18H,1-5H2/b16-14-. The summed E-state index contributed by atoms with van der Waals surface area (Å²) in [5, 5.41) is 18.0. The monoisotopic (exact) mass is 288 g/mol. The molecule has 0 unspecified atom stereocenters. The van der Waals surface area contributed by atoms with Crippen molar-refractivity contribution in [3.05, 3.63) is 47.2 Å². The van der Waals surface area contributed by atoms with Crippen LogP contribution in [0.4, 0.5) is 0 Å². The van der Waals surface area contributed by atoms with E-state index in [1.807, 2.05) is 18.2 Å². The molecule has 5 nitrogen and oxygen atoms in total. The van der Waals surface area contributed by atoms with Crippen molar-refractivity contribution in [2.75, 3.05) is 0 Å². The molecular formula is C16H16O5. The number of epoxide rings is 1. The van der Waals surface area contributed by atoms with Crippen molar-refractivity contribution in [1.82, 2.24) is 0 Å². The molecule has 5 rings (SSSR count). The molecule has 0 atom stereocenters. The summed E-state index contributed by atoms with van der Waals surface area (Å²) in [7, 11) is 0. The van der Waals surface area contributed by atoms with Crippen LogP contribution >= 0.6 is 0 Å². The lowest BCUT2D eigenvalue weighted by atomic mass is 9.83. The minimum atomic E-state index is -0.857. The highest BCUT2D eigenvalue weighted by Crippen LogP contribution is 2.45. The van der Waals surface area contributed by atoms with E-state index in [0.717, 1.165) is 5.75 Å². The average molecular weight is 288 g/mol.